The Morgan fingerprint density at radius 3 is 3.00 bits per heavy atom. The molecule has 0 atom stereocenters. The lowest BCUT2D eigenvalue weighted by atomic mass is 10.2. The molecule has 1 heterocycles. The van der Waals surface area contributed by atoms with Gasteiger partial charge < -0.3 is 4.90 Å². The molecular weight excluding hydrogens is 209 g/mol. The molecule has 3 heteroatoms. The maximum Gasteiger partial charge on any atom is 0.125 e. The van der Waals surface area contributed by atoms with Gasteiger partial charge in [-0.2, -0.15) is 12.6 Å². The molecule has 1 aliphatic heterocycles. The summed E-state index contributed by atoms with van der Waals surface area (Å²) >= 11 is 4.19. The van der Waals surface area contributed by atoms with Crippen LogP contribution in [0.5, 0.6) is 0 Å². The summed E-state index contributed by atoms with van der Waals surface area (Å²) in [5.74, 6) is 0.805. The van der Waals surface area contributed by atoms with Gasteiger partial charge in [0.15, 0.2) is 0 Å². The first kappa shape index (κ1) is 10.8. The van der Waals surface area contributed by atoms with Crippen LogP contribution in [-0.2, 0) is 6.42 Å². The van der Waals surface area contributed by atoms with Gasteiger partial charge in [0.25, 0.3) is 0 Å². The van der Waals surface area contributed by atoms with Crippen molar-refractivity contribution in [3.05, 3.63) is 29.6 Å². The van der Waals surface area contributed by atoms with Crippen LogP contribution < -0.4 is 4.90 Å². The van der Waals surface area contributed by atoms with Gasteiger partial charge in [0, 0.05) is 18.8 Å². The SMILES string of the molecule is Fc1ccc2c(c1)N(CCCCS)CC2. The number of rotatable bonds is 4. The van der Waals surface area contributed by atoms with Gasteiger partial charge in [-0.25, -0.2) is 4.39 Å². The number of thiol groups is 1. The van der Waals surface area contributed by atoms with Gasteiger partial charge >= 0.3 is 0 Å². The van der Waals surface area contributed by atoms with Crippen molar-refractivity contribution in [1.29, 1.82) is 0 Å². The van der Waals surface area contributed by atoms with E-state index in [1.165, 1.54) is 5.56 Å². The first-order chi connectivity index (χ1) is 7.31. The predicted molar refractivity (Wildman–Crippen MR) is 65.4 cm³/mol. The summed E-state index contributed by atoms with van der Waals surface area (Å²) in [6.07, 6.45) is 3.32. The monoisotopic (exact) mass is 225 g/mol. The molecular formula is C12H16FNS. The Labute approximate surface area is 95.7 Å². The molecule has 0 unspecified atom stereocenters. The predicted octanol–water partition coefficient (Wildman–Crippen LogP) is 2.90. The number of anilines is 1. The zero-order valence-corrected chi connectivity index (χ0v) is 9.64. The van der Waals surface area contributed by atoms with Gasteiger partial charge in [-0.1, -0.05) is 6.07 Å². The lowest BCUT2D eigenvalue weighted by Crippen LogP contribution is -2.21. The molecule has 0 radical (unpaired) electrons. The van der Waals surface area contributed by atoms with Gasteiger partial charge in [0.2, 0.25) is 0 Å². The minimum atomic E-state index is -0.130. The van der Waals surface area contributed by atoms with Crippen molar-refractivity contribution in [3.63, 3.8) is 0 Å². The third kappa shape index (κ3) is 2.46. The Morgan fingerprint density at radius 1 is 1.33 bits per heavy atom. The smallest absolute Gasteiger partial charge is 0.125 e. The summed E-state index contributed by atoms with van der Waals surface area (Å²) in [5.41, 5.74) is 2.37. The van der Waals surface area contributed by atoms with Crippen LogP contribution in [0.4, 0.5) is 10.1 Å². The highest BCUT2D eigenvalue weighted by atomic mass is 32.1. The van der Waals surface area contributed by atoms with E-state index in [4.69, 9.17) is 0 Å². The molecule has 0 saturated heterocycles. The van der Waals surface area contributed by atoms with Crippen LogP contribution in [0.3, 0.4) is 0 Å². The Morgan fingerprint density at radius 2 is 2.20 bits per heavy atom. The molecule has 1 aromatic carbocycles. The molecule has 0 bridgehead atoms. The van der Waals surface area contributed by atoms with E-state index in [1.807, 2.05) is 6.07 Å². The topological polar surface area (TPSA) is 3.24 Å². The third-order valence-corrected chi connectivity index (χ3v) is 3.19. The average Bonchev–Trinajstić information content (AvgIpc) is 2.62. The Bertz CT molecular complexity index is 340. The molecule has 1 nitrogen and oxygen atoms in total. The molecule has 0 saturated carbocycles. The fourth-order valence-corrected chi connectivity index (χ4v) is 2.29. The number of hydrogen-bond acceptors (Lipinski definition) is 2. The van der Waals surface area contributed by atoms with E-state index in [0.29, 0.717) is 0 Å². The number of unbranched alkanes of at least 4 members (excludes halogenated alkanes) is 1. The van der Waals surface area contributed by atoms with Gasteiger partial charge in [-0.05, 0) is 42.7 Å². The summed E-state index contributed by atoms with van der Waals surface area (Å²) in [6.45, 7) is 2.06. The summed E-state index contributed by atoms with van der Waals surface area (Å²) in [5, 5.41) is 0. The number of nitrogens with zero attached hydrogens (tertiary/aromatic N) is 1. The van der Waals surface area contributed by atoms with Crippen LogP contribution in [0.2, 0.25) is 0 Å². The second-order valence-electron chi connectivity index (χ2n) is 3.94. The number of hydrogen-bond donors (Lipinski definition) is 1. The van der Waals surface area contributed by atoms with E-state index in [2.05, 4.69) is 17.5 Å². The molecule has 82 valence electrons. The van der Waals surface area contributed by atoms with E-state index >= 15 is 0 Å². The lowest BCUT2D eigenvalue weighted by Gasteiger charge is -2.18. The zero-order chi connectivity index (χ0) is 10.7. The number of halogens is 1. The summed E-state index contributed by atoms with van der Waals surface area (Å²) in [7, 11) is 0. The molecule has 1 aliphatic rings. The third-order valence-electron chi connectivity index (χ3n) is 2.88. The van der Waals surface area contributed by atoms with Gasteiger partial charge in [-0.15, -0.1) is 0 Å². The molecule has 15 heavy (non-hydrogen) atoms. The molecule has 0 amide bonds. The molecule has 0 N–H and O–H groups in total. The van der Waals surface area contributed by atoms with Crippen molar-refractivity contribution in [1.82, 2.24) is 0 Å². The molecule has 0 fully saturated rings. The lowest BCUT2D eigenvalue weighted by molar-refractivity contribution is 0.627. The highest BCUT2D eigenvalue weighted by Gasteiger charge is 2.18. The number of fused-ring (bicyclic) bond motifs is 1. The Kier molecular flexibility index (Phi) is 3.52. The van der Waals surface area contributed by atoms with Crippen molar-refractivity contribution >= 4 is 18.3 Å². The van der Waals surface area contributed by atoms with E-state index < -0.39 is 0 Å². The van der Waals surface area contributed by atoms with Gasteiger partial charge in [-0.3, -0.25) is 0 Å². The van der Waals surface area contributed by atoms with Crippen LogP contribution >= 0.6 is 12.6 Å². The quantitative estimate of drug-likeness (QED) is 0.609. The minimum absolute atomic E-state index is 0.130. The van der Waals surface area contributed by atoms with Gasteiger partial charge in [0.05, 0.1) is 0 Å². The molecule has 0 aliphatic carbocycles. The van der Waals surface area contributed by atoms with Crippen LogP contribution in [-0.4, -0.2) is 18.8 Å². The standard InChI is InChI=1S/C12H16FNS/c13-11-4-3-10-5-7-14(12(10)9-11)6-1-2-8-15/h3-4,9,15H,1-2,5-8H2. The van der Waals surface area contributed by atoms with Crippen molar-refractivity contribution in [3.8, 4) is 0 Å². The Balaban J connectivity index is 2.03. The summed E-state index contributed by atoms with van der Waals surface area (Å²) < 4.78 is 13.1. The summed E-state index contributed by atoms with van der Waals surface area (Å²) in [6, 6.07) is 5.11. The first-order valence-electron chi connectivity index (χ1n) is 5.45. The second-order valence-corrected chi connectivity index (χ2v) is 4.39. The van der Waals surface area contributed by atoms with Crippen molar-refractivity contribution in [2.45, 2.75) is 19.3 Å². The minimum Gasteiger partial charge on any atom is -0.371 e. The van der Waals surface area contributed by atoms with Crippen LogP contribution in [0, 0.1) is 5.82 Å². The number of benzene rings is 1. The maximum atomic E-state index is 13.1. The van der Waals surface area contributed by atoms with E-state index in [1.54, 1.807) is 12.1 Å². The Hall–Kier alpha value is -0.700. The van der Waals surface area contributed by atoms with E-state index in [0.717, 1.165) is 43.8 Å². The van der Waals surface area contributed by atoms with Crippen molar-refractivity contribution in [2.24, 2.45) is 0 Å². The fraction of sp³-hybridized carbons (Fsp3) is 0.500. The second kappa shape index (κ2) is 4.88. The normalized spacial score (nSPS) is 14.4. The largest absolute Gasteiger partial charge is 0.371 e. The highest BCUT2D eigenvalue weighted by Crippen LogP contribution is 2.28. The molecule has 2 rings (SSSR count). The van der Waals surface area contributed by atoms with Crippen molar-refractivity contribution in [2.75, 3.05) is 23.7 Å². The summed E-state index contributed by atoms with van der Waals surface area (Å²) in [4.78, 5) is 2.28. The van der Waals surface area contributed by atoms with E-state index in [9.17, 15) is 4.39 Å². The van der Waals surface area contributed by atoms with Crippen LogP contribution in [0.15, 0.2) is 18.2 Å². The van der Waals surface area contributed by atoms with Gasteiger partial charge in [0.1, 0.15) is 5.82 Å². The van der Waals surface area contributed by atoms with Crippen molar-refractivity contribution < 1.29 is 4.39 Å². The average molecular weight is 225 g/mol. The zero-order valence-electron chi connectivity index (χ0n) is 8.75. The van der Waals surface area contributed by atoms with Crippen LogP contribution in [0.1, 0.15) is 18.4 Å². The molecule has 0 spiro atoms. The maximum absolute atomic E-state index is 13.1. The van der Waals surface area contributed by atoms with Crippen LogP contribution in [0.25, 0.3) is 0 Å². The highest BCUT2D eigenvalue weighted by molar-refractivity contribution is 7.80. The van der Waals surface area contributed by atoms with E-state index in [-0.39, 0.29) is 5.82 Å². The molecule has 0 aromatic heterocycles. The first-order valence-corrected chi connectivity index (χ1v) is 6.09. The molecule has 1 aromatic rings. The fourth-order valence-electron chi connectivity index (χ4n) is 2.07.